The number of nitrogens with two attached hydrogens (primary N) is 4. The van der Waals surface area contributed by atoms with Gasteiger partial charge in [0.2, 0.25) is 23.6 Å². The standard InChI is InChI=1S/C18H32N8O8/c1-8(14(30)26-11(17(33)34)3-2-6-23-18(21)22)24-16(32)10(4-5-12(20)27)25-15(31)9(19)7-13(28)29/h8-11H,2-7,19H2,1H3,(H2,20,27)(H,24,32)(H,25,31)(H,26,30)(H,28,29)(H,33,34)(H4,21,22,23). The van der Waals surface area contributed by atoms with Crippen molar-refractivity contribution in [2.75, 3.05) is 6.54 Å². The highest BCUT2D eigenvalue weighted by molar-refractivity contribution is 5.94. The van der Waals surface area contributed by atoms with Crippen LogP contribution in [0.25, 0.3) is 0 Å². The second kappa shape index (κ2) is 15.0. The van der Waals surface area contributed by atoms with E-state index in [9.17, 15) is 33.9 Å². The highest BCUT2D eigenvalue weighted by Gasteiger charge is 2.29. The van der Waals surface area contributed by atoms with Gasteiger partial charge in [0.1, 0.15) is 18.1 Å². The Bertz CT molecular complexity index is 799. The zero-order valence-corrected chi connectivity index (χ0v) is 18.7. The predicted octanol–water partition coefficient (Wildman–Crippen LogP) is -4.33. The van der Waals surface area contributed by atoms with Gasteiger partial charge in [-0.3, -0.25) is 29.0 Å². The molecule has 34 heavy (non-hydrogen) atoms. The zero-order valence-electron chi connectivity index (χ0n) is 18.7. The van der Waals surface area contributed by atoms with Gasteiger partial charge in [-0.1, -0.05) is 0 Å². The molecule has 0 spiro atoms. The monoisotopic (exact) mass is 488 g/mol. The van der Waals surface area contributed by atoms with E-state index < -0.39 is 66.2 Å². The van der Waals surface area contributed by atoms with Gasteiger partial charge in [-0.15, -0.1) is 0 Å². The number of carbonyl (C=O) groups excluding carboxylic acids is 4. The Morgan fingerprint density at radius 1 is 0.853 bits per heavy atom. The lowest BCUT2D eigenvalue weighted by atomic mass is 10.1. The van der Waals surface area contributed by atoms with Crippen molar-refractivity contribution < 1.29 is 39.0 Å². The summed E-state index contributed by atoms with van der Waals surface area (Å²) in [6.45, 7) is 1.42. The lowest BCUT2D eigenvalue weighted by Gasteiger charge is -2.23. The molecule has 16 nitrogen and oxygen atoms in total. The molecule has 0 saturated heterocycles. The summed E-state index contributed by atoms with van der Waals surface area (Å²) < 4.78 is 0. The number of hydrogen-bond donors (Lipinski definition) is 9. The topological polar surface area (TPSA) is 295 Å². The predicted molar refractivity (Wildman–Crippen MR) is 118 cm³/mol. The molecule has 0 aliphatic heterocycles. The van der Waals surface area contributed by atoms with Crippen molar-refractivity contribution in [3.8, 4) is 0 Å². The summed E-state index contributed by atoms with van der Waals surface area (Å²) in [6, 6.07) is -5.32. The lowest BCUT2D eigenvalue weighted by molar-refractivity contribution is -0.142. The van der Waals surface area contributed by atoms with E-state index in [0.29, 0.717) is 0 Å². The second-order valence-corrected chi connectivity index (χ2v) is 7.35. The fourth-order valence-electron chi connectivity index (χ4n) is 2.55. The van der Waals surface area contributed by atoms with E-state index in [2.05, 4.69) is 20.9 Å². The van der Waals surface area contributed by atoms with E-state index in [1.807, 2.05) is 0 Å². The first-order valence-corrected chi connectivity index (χ1v) is 10.2. The number of guanidine groups is 1. The van der Waals surface area contributed by atoms with Crippen molar-refractivity contribution in [1.29, 1.82) is 0 Å². The fraction of sp³-hybridized carbons (Fsp3) is 0.611. The molecule has 0 radical (unpaired) electrons. The summed E-state index contributed by atoms with van der Waals surface area (Å²) >= 11 is 0. The van der Waals surface area contributed by atoms with E-state index in [1.54, 1.807) is 0 Å². The smallest absolute Gasteiger partial charge is 0.326 e. The quantitative estimate of drug-likeness (QED) is 0.0568. The average Bonchev–Trinajstić information content (AvgIpc) is 2.71. The first-order valence-electron chi connectivity index (χ1n) is 10.2. The summed E-state index contributed by atoms with van der Waals surface area (Å²) in [5, 5.41) is 24.8. The maximum atomic E-state index is 12.6. The molecule has 0 aromatic heterocycles. The Hall–Kier alpha value is -3.95. The third kappa shape index (κ3) is 12.8. The maximum Gasteiger partial charge on any atom is 0.326 e. The largest absolute Gasteiger partial charge is 0.481 e. The molecule has 16 heteroatoms. The van der Waals surface area contributed by atoms with Crippen LogP contribution in [0.4, 0.5) is 0 Å². The number of primary amides is 1. The van der Waals surface area contributed by atoms with Crippen LogP contribution in [0, 0.1) is 0 Å². The number of carboxylic acid groups (broad SMARTS) is 2. The molecule has 0 rings (SSSR count). The molecule has 4 amide bonds. The summed E-state index contributed by atoms with van der Waals surface area (Å²) in [4.78, 5) is 73.9. The molecule has 0 aliphatic carbocycles. The molecule has 13 N–H and O–H groups in total. The van der Waals surface area contributed by atoms with Crippen LogP contribution in [-0.2, 0) is 28.8 Å². The minimum absolute atomic E-state index is 0.0112. The van der Waals surface area contributed by atoms with Crippen molar-refractivity contribution in [1.82, 2.24) is 16.0 Å². The summed E-state index contributed by atoms with van der Waals surface area (Å²) in [6.07, 6.45) is -0.979. The van der Waals surface area contributed by atoms with Crippen LogP contribution in [0.3, 0.4) is 0 Å². The molecule has 4 atom stereocenters. The number of amides is 4. The molecule has 0 heterocycles. The van der Waals surface area contributed by atoms with E-state index in [1.165, 1.54) is 6.92 Å². The van der Waals surface area contributed by atoms with Crippen LogP contribution >= 0.6 is 0 Å². The van der Waals surface area contributed by atoms with Crippen molar-refractivity contribution in [2.45, 2.75) is 63.2 Å². The third-order valence-corrected chi connectivity index (χ3v) is 4.36. The van der Waals surface area contributed by atoms with Crippen LogP contribution in [-0.4, -0.2) is 82.5 Å². The Labute approximate surface area is 194 Å². The van der Waals surface area contributed by atoms with Crippen LogP contribution in [0.5, 0.6) is 0 Å². The summed E-state index contributed by atoms with van der Waals surface area (Å²) in [7, 11) is 0. The van der Waals surface area contributed by atoms with Gasteiger partial charge < -0.3 is 49.1 Å². The molecule has 0 fully saturated rings. The van der Waals surface area contributed by atoms with Gasteiger partial charge in [-0.05, 0) is 26.2 Å². The summed E-state index contributed by atoms with van der Waals surface area (Å²) in [5.41, 5.74) is 20.9. The first kappa shape index (κ1) is 30.1. The Morgan fingerprint density at radius 2 is 1.44 bits per heavy atom. The van der Waals surface area contributed by atoms with Crippen LogP contribution in [0.1, 0.15) is 39.0 Å². The number of aliphatic carboxylic acids is 2. The van der Waals surface area contributed by atoms with E-state index >= 15 is 0 Å². The minimum Gasteiger partial charge on any atom is -0.481 e. The number of carbonyl (C=O) groups is 6. The second-order valence-electron chi connectivity index (χ2n) is 7.35. The molecule has 4 unspecified atom stereocenters. The Kier molecular flexibility index (Phi) is 13.2. The number of nitrogens with zero attached hydrogens (tertiary/aromatic N) is 1. The lowest BCUT2D eigenvalue weighted by Crippen LogP contribution is -2.56. The molecule has 0 saturated carbocycles. The first-order chi connectivity index (χ1) is 15.7. The SMILES string of the molecule is CC(NC(=O)C(CCC(N)=O)NC(=O)C(N)CC(=O)O)C(=O)NC(CCCN=C(N)N)C(=O)O. The maximum absolute atomic E-state index is 12.6. The van der Waals surface area contributed by atoms with E-state index in [-0.39, 0.29) is 38.2 Å². The molecular weight excluding hydrogens is 456 g/mol. The number of carboxylic acids is 2. The molecular formula is C18H32N8O8. The molecule has 0 aromatic carbocycles. The number of hydrogen-bond acceptors (Lipinski definition) is 8. The number of nitrogens with one attached hydrogen (secondary N) is 3. The highest BCUT2D eigenvalue weighted by Crippen LogP contribution is 2.02. The van der Waals surface area contributed by atoms with Crippen molar-refractivity contribution in [3.05, 3.63) is 0 Å². The molecule has 0 aromatic rings. The minimum atomic E-state index is -1.46. The van der Waals surface area contributed by atoms with Gasteiger partial charge in [-0.25, -0.2) is 4.79 Å². The molecule has 0 aliphatic rings. The van der Waals surface area contributed by atoms with E-state index in [4.69, 9.17) is 28.0 Å². The van der Waals surface area contributed by atoms with Gasteiger partial charge in [-0.2, -0.15) is 0 Å². The van der Waals surface area contributed by atoms with Gasteiger partial charge in [0, 0.05) is 13.0 Å². The van der Waals surface area contributed by atoms with Gasteiger partial charge in [0.25, 0.3) is 0 Å². The molecule has 192 valence electrons. The highest BCUT2D eigenvalue weighted by atomic mass is 16.4. The zero-order chi connectivity index (χ0) is 26.4. The van der Waals surface area contributed by atoms with Crippen LogP contribution in [0.15, 0.2) is 4.99 Å². The Balaban J connectivity index is 5.10. The normalized spacial score (nSPS) is 13.9. The van der Waals surface area contributed by atoms with Gasteiger partial charge in [0.05, 0.1) is 12.5 Å². The van der Waals surface area contributed by atoms with Crippen LogP contribution in [0.2, 0.25) is 0 Å². The van der Waals surface area contributed by atoms with Crippen molar-refractivity contribution in [3.63, 3.8) is 0 Å². The Morgan fingerprint density at radius 3 is 1.94 bits per heavy atom. The molecule has 0 bridgehead atoms. The van der Waals surface area contributed by atoms with Crippen molar-refractivity contribution >= 4 is 41.5 Å². The third-order valence-electron chi connectivity index (χ3n) is 4.36. The number of rotatable bonds is 16. The van der Waals surface area contributed by atoms with Gasteiger partial charge >= 0.3 is 11.9 Å². The number of aliphatic imine (C=N–C) groups is 1. The van der Waals surface area contributed by atoms with Gasteiger partial charge in [0.15, 0.2) is 5.96 Å². The van der Waals surface area contributed by atoms with Crippen LogP contribution < -0.4 is 38.9 Å². The van der Waals surface area contributed by atoms with Crippen molar-refractivity contribution in [2.24, 2.45) is 27.9 Å². The fourth-order valence-corrected chi connectivity index (χ4v) is 2.55. The summed E-state index contributed by atoms with van der Waals surface area (Å²) in [5.74, 6) is -6.25. The van der Waals surface area contributed by atoms with E-state index in [0.717, 1.165) is 0 Å². The average molecular weight is 489 g/mol.